The normalized spacial score (nSPS) is 10.1. The fourth-order valence-electron chi connectivity index (χ4n) is 2.67. The number of nitrogens with zero attached hydrogens (tertiary/aromatic N) is 1. The molecule has 7 heteroatoms. The summed E-state index contributed by atoms with van der Waals surface area (Å²) < 4.78 is 21.1. The van der Waals surface area contributed by atoms with Gasteiger partial charge in [0.05, 0.1) is 28.4 Å². The van der Waals surface area contributed by atoms with Gasteiger partial charge in [0.15, 0.2) is 23.0 Å². The molecule has 0 heterocycles. The Kier molecular flexibility index (Phi) is 7.16. The monoisotopic (exact) mass is 374 g/mol. The van der Waals surface area contributed by atoms with Gasteiger partial charge in [0.2, 0.25) is 0 Å². The molecular weight excluding hydrogens is 348 g/mol. The van der Waals surface area contributed by atoms with E-state index >= 15 is 0 Å². The summed E-state index contributed by atoms with van der Waals surface area (Å²) in [4.78, 5) is 14.5. The van der Waals surface area contributed by atoms with Gasteiger partial charge in [-0.05, 0) is 30.7 Å². The van der Waals surface area contributed by atoms with Crippen LogP contribution in [0.1, 0.15) is 13.3 Å². The second kappa shape index (κ2) is 9.56. The van der Waals surface area contributed by atoms with Crippen LogP contribution in [0, 0.1) is 0 Å². The smallest absolute Gasteiger partial charge is 0.326 e. The highest BCUT2D eigenvalue weighted by molar-refractivity contribution is 6.02. The Labute approximate surface area is 159 Å². The highest BCUT2D eigenvalue weighted by atomic mass is 16.5. The average molecular weight is 374 g/mol. The van der Waals surface area contributed by atoms with E-state index in [1.54, 1.807) is 63.7 Å². The Bertz CT molecular complexity index is 779. The van der Waals surface area contributed by atoms with E-state index in [1.807, 2.05) is 13.0 Å². The molecule has 2 aromatic rings. The molecule has 1 N–H and O–H groups in total. The quantitative estimate of drug-likeness (QED) is 0.751. The standard InChI is InChI=1S/C20H26N2O5/c1-6-11-22(15-8-10-17(25-3)19(13-15)27-5)20(23)21-14-7-9-16(24-2)18(12-14)26-4/h7-10,12-13H,6,11H2,1-5H3,(H,21,23). The number of carbonyl (C=O) groups is 1. The molecule has 146 valence electrons. The van der Waals surface area contributed by atoms with Gasteiger partial charge >= 0.3 is 6.03 Å². The second-order valence-corrected chi connectivity index (χ2v) is 5.69. The summed E-state index contributed by atoms with van der Waals surface area (Å²) in [5.74, 6) is 2.32. The molecular formula is C20H26N2O5. The predicted molar refractivity (Wildman–Crippen MR) is 106 cm³/mol. The molecule has 0 aromatic heterocycles. The number of benzene rings is 2. The lowest BCUT2D eigenvalue weighted by Crippen LogP contribution is -2.35. The summed E-state index contributed by atoms with van der Waals surface area (Å²) in [6.07, 6.45) is 0.799. The van der Waals surface area contributed by atoms with Crippen LogP contribution in [-0.4, -0.2) is 41.0 Å². The summed E-state index contributed by atoms with van der Waals surface area (Å²) in [6.45, 7) is 2.56. The molecule has 2 rings (SSSR count). The van der Waals surface area contributed by atoms with Crippen LogP contribution >= 0.6 is 0 Å². The first-order valence-corrected chi connectivity index (χ1v) is 8.60. The van der Waals surface area contributed by atoms with Gasteiger partial charge in [0, 0.05) is 30.1 Å². The number of hydrogen-bond acceptors (Lipinski definition) is 5. The van der Waals surface area contributed by atoms with Crippen LogP contribution in [-0.2, 0) is 0 Å². The predicted octanol–water partition coefficient (Wildman–Crippen LogP) is 4.17. The fraction of sp³-hybridized carbons (Fsp3) is 0.350. The van der Waals surface area contributed by atoms with Crippen molar-refractivity contribution in [1.29, 1.82) is 0 Å². The van der Waals surface area contributed by atoms with E-state index in [0.717, 1.165) is 6.42 Å². The summed E-state index contributed by atoms with van der Waals surface area (Å²) in [7, 11) is 6.26. The van der Waals surface area contributed by atoms with E-state index in [1.165, 1.54) is 0 Å². The van der Waals surface area contributed by atoms with Crippen molar-refractivity contribution in [3.8, 4) is 23.0 Å². The number of anilines is 2. The van der Waals surface area contributed by atoms with Crippen LogP contribution in [0.2, 0.25) is 0 Å². The third kappa shape index (κ3) is 4.75. The van der Waals surface area contributed by atoms with Crippen LogP contribution in [0.25, 0.3) is 0 Å². The maximum Gasteiger partial charge on any atom is 0.326 e. The van der Waals surface area contributed by atoms with Gasteiger partial charge in [0.1, 0.15) is 0 Å². The molecule has 0 saturated heterocycles. The molecule has 27 heavy (non-hydrogen) atoms. The maximum atomic E-state index is 12.9. The van der Waals surface area contributed by atoms with Crippen molar-refractivity contribution in [2.45, 2.75) is 13.3 Å². The molecule has 2 amide bonds. The van der Waals surface area contributed by atoms with Crippen LogP contribution in [0.3, 0.4) is 0 Å². The van der Waals surface area contributed by atoms with Gasteiger partial charge in [-0.25, -0.2) is 4.79 Å². The lowest BCUT2D eigenvalue weighted by molar-refractivity contribution is 0.257. The zero-order valence-electron chi connectivity index (χ0n) is 16.4. The zero-order chi connectivity index (χ0) is 19.8. The first kappa shape index (κ1) is 20.2. The molecule has 0 aliphatic carbocycles. The van der Waals surface area contributed by atoms with E-state index < -0.39 is 0 Å². The van der Waals surface area contributed by atoms with Gasteiger partial charge < -0.3 is 24.3 Å². The second-order valence-electron chi connectivity index (χ2n) is 5.69. The average Bonchev–Trinajstić information content (AvgIpc) is 2.71. The lowest BCUT2D eigenvalue weighted by Gasteiger charge is -2.24. The number of amides is 2. The van der Waals surface area contributed by atoms with Crippen molar-refractivity contribution >= 4 is 17.4 Å². The largest absolute Gasteiger partial charge is 0.493 e. The minimum atomic E-state index is -0.253. The summed E-state index contributed by atoms with van der Waals surface area (Å²) in [5.41, 5.74) is 1.33. The SMILES string of the molecule is CCCN(C(=O)Nc1ccc(OC)c(OC)c1)c1ccc(OC)c(OC)c1. The number of carbonyl (C=O) groups excluding carboxylic acids is 1. The van der Waals surface area contributed by atoms with E-state index in [-0.39, 0.29) is 6.03 Å². The van der Waals surface area contributed by atoms with Crippen molar-refractivity contribution in [1.82, 2.24) is 0 Å². The molecule has 2 aromatic carbocycles. The van der Waals surface area contributed by atoms with E-state index in [2.05, 4.69) is 5.32 Å². The molecule has 0 bridgehead atoms. The Hall–Kier alpha value is -3.09. The highest BCUT2D eigenvalue weighted by Crippen LogP contribution is 2.33. The van der Waals surface area contributed by atoms with E-state index in [0.29, 0.717) is 40.9 Å². The van der Waals surface area contributed by atoms with Crippen molar-refractivity contribution in [2.75, 3.05) is 45.2 Å². The molecule has 7 nitrogen and oxygen atoms in total. The Morgan fingerprint density at radius 3 is 1.96 bits per heavy atom. The van der Waals surface area contributed by atoms with Crippen molar-refractivity contribution in [2.24, 2.45) is 0 Å². The number of urea groups is 1. The van der Waals surface area contributed by atoms with Crippen molar-refractivity contribution in [3.63, 3.8) is 0 Å². The molecule has 0 atom stereocenters. The first-order chi connectivity index (χ1) is 13.1. The molecule has 0 fully saturated rings. The number of nitrogens with one attached hydrogen (secondary N) is 1. The zero-order valence-corrected chi connectivity index (χ0v) is 16.4. The van der Waals surface area contributed by atoms with Gasteiger partial charge in [-0.1, -0.05) is 6.92 Å². The molecule has 0 radical (unpaired) electrons. The summed E-state index contributed by atoms with van der Waals surface area (Å²) in [6, 6.07) is 10.4. The highest BCUT2D eigenvalue weighted by Gasteiger charge is 2.18. The van der Waals surface area contributed by atoms with Crippen LogP contribution in [0.5, 0.6) is 23.0 Å². The number of rotatable bonds is 8. The molecule has 0 unspecified atom stereocenters. The molecule has 0 aliphatic heterocycles. The minimum Gasteiger partial charge on any atom is -0.493 e. The number of ether oxygens (including phenoxy) is 4. The fourth-order valence-corrected chi connectivity index (χ4v) is 2.67. The van der Waals surface area contributed by atoms with Gasteiger partial charge in [-0.3, -0.25) is 4.90 Å². The summed E-state index contributed by atoms with van der Waals surface area (Å²) in [5, 5.41) is 2.90. The minimum absolute atomic E-state index is 0.253. The first-order valence-electron chi connectivity index (χ1n) is 8.60. The molecule has 0 saturated carbocycles. The summed E-state index contributed by atoms with van der Waals surface area (Å²) >= 11 is 0. The lowest BCUT2D eigenvalue weighted by atomic mass is 10.2. The van der Waals surface area contributed by atoms with Crippen LogP contribution < -0.4 is 29.2 Å². The van der Waals surface area contributed by atoms with E-state index in [9.17, 15) is 4.79 Å². The van der Waals surface area contributed by atoms with Crippen molar-refractivity contribution in [3.05, 3.63) is 36.4 Å². The third-order valence-electron chi connectivity index (χ3n) is 4.01. The third-order valence-corrected chi connectivity index (χ3v) is 4.01. The van der Waals surface area contributed by atoms with E-state index in [4.69, 9.17) is 18.9 Å². The number of methoxy groups -OCH3 is 4. The van der Waals surface area contributed by atoms with Gasteiger partial charge in [-0.2, -0.15) is 0 Å². The Morgan fingerprint density at radius 1 is 0.852 bits per heavy atom. The van der Waals surface area contributed by atoms with Gasteiger partial charge in [-0.15, -0.1) is 0 Å². The van der Waals surface area contributed by atoms with Crippen molar-refractivity contribution < 1.29 is 23.7 Å². The van der Waals surface area contributed by atoms with Crippen LogP contribution in [0.15, 0.2) is 36.4 Å². The maximum absolute atomic E-state index is 12.9. The number of hydrogen-bond donors (Lipinski definition) is 1. The topological polar surface area (TPSA) is 69.3 Å². The Morgan fingerprint density at radius 2 is 1.41 bits per heavy atom. The van der Waals surface area contributed by atoms with Crippen LogP contribution in [0.4, 0.5) is 16.2 Å². The molecule has 0 spiro atoms. The van der Waals surface area contributed by atoms with Gasteiger partial charge in [0.25, 0.3) is 0 Å². The Balaban J connectivity index is 2.27. The molecule has 0 aliphatic rings.